The van der Waals surface area contributed by atoms with Crippen LogP contribution in [0.4, 0.5) is 20.2 Å². The summed E-state index contributed by atoms with van der Waals surface area (Å²) >= 11 is 0. The van der Waals surface area contributed by atoms with Gasteiger partial charge in [-0.1, -0.05) is 6.07 Å². The number of carbonyl (C=O) groups is 2. The van der Waals surface area contributed by atoms with E-state index in [0.29, 0.717) is 0 Å². The van der Waals surface area contributed by atoms with Gasteiger partial charge < -0.3 is 20.1 Å². The van der Waals surface area contributed by atoms with Crippen LogP contribution in [-0.2, 0) is 9.59 Å². The molecule has 1 heterocycles. The van der Waals surface area contributed by atoms with Gasteiger partial charge in [0, 0.05) is 18.2 Å². The molecule has 3 rings (SSSR count). The second-order valence-electron chi connectivity index (χ2n) is 4.96. The first kappa shape index (κ1) is 15.7. The van der Waals surface area contributed by atoms with Crippen molar-refractivity contribution in [2.75, 3.05) is 23.8 Å². The maximum Gasteiger partial charge on any atom is 0.262 e. The van der Waals surface area contributed by atoms with Gasteiger partial charge in [0.15, 0.2) is 19.0 Å². The minimum Gasteiger partial charge on any atom is -0.484 e. The van der Waals surface area contributed by atoms with Gasteiger partial charge in [0.2, 0.25) is 0 Å². The lowest BCUT2D eigenvalue weighted by molar-refractivity contribution is -0.118. The van der Waals surface area contributed by atoms with E-state index in [9.17, 15) is 18.4 Å². The summed E-state index contributed by atoms with van der Waals surface area (Å²) in [5, 5.41) is 4.89. The zero-order valence-corrected chi connectivity index (χ0v) is 12.3. The molecule has 0 unspecified atom stereocenters. The summed E-state index contributed by atoms with van der Waals surface area (Å²) in [4.78, 5) is 23.2. The number of anilines is 2. The van der Waals surface area contributed by atoms with Crippen molar-refractivity contribution in [3.8, 4) is 11.5 Å². The lowest BCUT2D eigenvalue weighted by atomic mass is 10.2. The van der Waals surface area contributed by atoms with Crippen LogP contribution >= 0.6 is 0 Å². The molecule has 24 heavy (non-hydrogen) atoms. The van der Waals surface area contributed by atoms with E-state index in [1.165, 1.54) is 18.2 Å². The number of halogens is 2. The number of hydrogen-bond acceptors (Lipinski definition) is 4. The van der Waals surface area contributed by atoms with Gasteiger partial charge in [-0.15, -0.1) is 0 Å². The average molecular weight is 334 g/mol. The molecule has 0 aliphatic carbocycles. The fourth-order valence-electron chi connectivity index (χ4n) is 2.15. The minimum absolute atomic E-state index is 0.0674. The minimum atomic E-state index is -0.652. The van der Waals surface area contributed by atoms with Crippen molar-refractivity contribution in [1.29, 1.82) is 0 Å². The number of carbonyl (C=O) groups excluding carboxylic acids is 2. The number of benzene rings is 2. The molecule has 2 aromatic rings. The molecule has 0 aromatic heterocycles. The molecule has 8 heteroatoms. The zero-order chi connectivity index (χ0) is 17.1. The van der Waals surface area contributed by atoms with Gasteiger partial charge in [-0.3, -0.25) is 9.59 Å². The Bertz CT molecular complexity index is 811. The number of amides is 2. The van der Waals surface area contributed by atoms with Crippen molar-refractivity contribution in [3.05, 3.63) is 48.0 Å². The highest BCUT2D eigenvalue weighted by molar-refractivity contribution is 6.00. The number of rotatable bonds is 4. The van der Waals surface area contributed by atoms with Crippen molar-refractivity contribution in [1.82, 2.24) is 0 Å². The second-order valence-corrected chi connectivity index (χ2v) is 4.96. The topological polar surface area (TPSA) is 76.7 Å². The fraction of sp³-hybridized carbons (Fsp3) is 0.125. The first-order valence-corrected chi connectivity index (χ1v) is 6.95. The Balaban J connectivity index is 1.69. The third-order valence-corrected chi connectivity index (χ3v) is 3.12. The maximum atomic E-state index is 13.6. The fourth-order valence-corrected chi connectivity index (χ4v) is 2.15. The molecule has 0 saturated carbocycles. The van der Waals surface area contributed by atoms with Crippen LogP contribution in [0.3, 0.4) is 0 Å². The Hall–Kier alpha value is -3.16. The summed E-state index contributed by atoms with van der Waals surface area (Å²) in [5.41, 5.74) is 0.199. The number of fused-ring (bicyclic) bond motifs is 1. The Kier molecular flexibility index (Phi) is 4.28. The van der Waals surface area contributed by atoms with E-state index in [4.69, 9.17) is 9.47 Å². The lowest BCUT2D eigenvalue weighted by Gasteiger charge is -2.21. The maximum absolute atomic E-state index is 13.6. The SMILES string of the molecule is O=C(COc1cccc(F)c1)Nc1cc(F)cc2c1OCC(=O)N2. The second kappa shape index (κ2) is 6.53. The molecule has 2 amide bonds. The zero-order valence-electron chi connectivity index (χ0n) is 12.3. The molecule has 0 fully saturated rings. The molecule has 0 bridgehead atoms. The standard InChI is InChI=1S/C16H12F2N2O4/c17-9-2-1-3-11(4-9)23-7-14(21)19-12-5-10(18)6-13-16(12)24-8-15(22)20-13/h1-6H,7-8H2,(H,19,21)(H,20,22). The molecule has 124 valence electrons. The molecule has 0 spiro atoms. The van der Waals surface area contributed by atoms with E-state index >= 15 is 0 Å². The van der Waals surface area contributed by atoms with Gasteiger partial charge >= 0.3 is 0 Å². The molecular weight excluding hydrogens is 322 g/mol. The number of nitrogens with one attached hydrogen (secondary N) is 2. The van der Waals surface area contributed by atoms with E-state index in [0.717, 1.165) is 18.2 Å². The van der Waals surface area contributed by atoms with Crippen LogP contribution in [0, 0.1) is 11.6 Å². The normalized spacial score (nSPS) is 12.7. The first-order chi connectivity index (χ1) is 11.5. The van der Waals surface area contributed by atoms with Gasteiger partial charge in [0.1, 0.15) is 17.4 Å². The lowest BCUT2D eigenvalue weighted by Crippen LogP contribution is -2.27. The molecule has 0 atom stereocenters. The summed E-state index contributed by atoms with van der Waals surface area (Å²) in [6.07, 6.45) is 0. The van der Waals surface area contributed by atoms with Gasteiger partial charge in [0.05, 0.1) is 11.4 Å². The van der Waals surface area contributed by atoms with E-state index in [1.807, 2.05) is 0 Å². The van der Waals surface area contributed by atoms with Crippen LogP contribution in [-0.4, -0.2) is 25.0 Å². The van der Waals surface area contributed by atoms with Crippen molar-refractivity contribution in [2.45, 2.75) is 0 Å². The molecule has 6 nitrogen and oxygen atoms in total. The van der Waals surface area contributed by atoms with E-state index in [-0.39, 0.29) is 29.5 Å². The van der Waals surface area contributed by atoms with Crippen LogP contribution < -0.4 is 20.1 Å². The molecule has 1 aliphatic heterocycles. The van der Waals surface area contributed by atoms with Crippen molar-refractivity contribution in [3.63, 3.8) is 0 Å². The highest BCUT2D eigenvalue weighted by Crippen LogP contribution is 2.36. The van der Waals surface area contributed by atoms with Crippen LogP contribution in [0.5, 0.6) is 11.5 Å². The molecule has 0 radical (unpaired) electrons. The van der Waals surface area contributed by atoms with E-state index < -0.39 is 30.1 Å². The summed E-state index contributed by atoms with van der Waals surface area (Å²) in [6, 6.07) is 7.48. The highest BCUT2D eigenvalue weighted by Gasteiger charge is 2.21. The Morgan fingerprint density at radius 1 is 1.25 bits per heavy atom. The van der Waals surface area contributed by atoms with E-state index in [2.05, 4.69) is 10.6 Å². The third-order valence-electron chi connectivity index (χ3n) is 3.12. The smallest absolute Gasteiger partial charge is 0.262 e. The quantitative estimate of drug-likeness (QED) is 0.900. The highest BCUT2D eigenvalue weighted by atomic mass is 19.1. The third kappa shape index (κ3) is 3.60. The van der Waals surface area contributed by atoms with Gasteiger partial charge in [0.25, 0.3) is 11.8 Å². The van der Waals surface area contributed by atoms with Crippen LogP contribution in [0.1, 0.15) is 0 Å². The van der Waals surface area contributed by atoms with Crippen LogP contribution in [0.15, 0.2) is 36.4 Å². The monoisotopic (exact) mass is 334 g/mol. The average Bonchev–Trinajstić information content (AvgIpc) is 2.52. The summed E-state index contributed by atoms with van der Waals surface area (Å²) in [6.45, 7) is -0.637. The molecular formula is C16H12F2N2O4. The van der Waals surface area contributed by atoms with Crippen LogP contribution in [0.25, 0.3) is 0 Å². The van der Waals surface area contributed by atoms with Gasteiger partial charge in [-0.25, -0.2) is 8.78 Å². The van der Waals surface area contributed by atoms with Gasteiger partial charge in [-0.05, 0) is 12.1 Å². The predicted octanol–water partition coefficient (Wildman–Crippen LogP) is 2.31. The Labute approximate surface area is 135 Å². The van der Waals surface area contributed by atoms with Gasteiger partial charge in [-0.2, -0.15) is 0 Å². The first-order valence-electron chi connectivity index (χ1n) is 6.95. The van der Waals surface area contributed by atoms with Crippen molar-refractivity contribution >= 4 is 23.2 Å². The summed E-state index contributed by atoms with van der Waals surface area (Å²) in [7, 11) is 0. The number of ether oxygens (including phenoxy) is 2. The van der Waals surface area contributed by atoms with E-state index in [1.54, 1.807) is 0 Å². The summed E-state index contributed by atoms with van der Waals surface area (Å²) < 4.78 is 37.0. The Morgan fingerprint density at radius 3 is 2.88 bits per heavy atom. The largest absolute Gasteiger partial charge is 0.484 e. The molecule has 0 saturated heterocycles. The molecule has 1 aliphatic rings. The van der Waals surface area contributed by atoms with Crippen molar-refractivity contribution in [2.24, 2.45) is 0 Å². The summed E-state index contributed by atoms with van der Waals surface area (Å²) in [5.74, 6) is -1.80. The molecule has 2 aromatic carbocycles. The molecule has 2 N–H and O–H groups in total. The van der Waals surface area contributed by atoms with Crippen molar-refractivity contribution < 1.29 is 27.8 Å². The number of hydrogen-bond donors (Lipinski definition) is 2. The predicted molar refractivity (Wildman–Crippen MR) is 81.0 cm³/mol. The van der Waals surface area contributed by atoms with Crippen LogP contribution in [0.2, 0.25) is 0 Å². The Morgan fingerprint density at radius 2 is 2.08 bits per heavy atom.